The van der Waals surface area contributed by atoms with Crippen LogP contribution in [0.1, 0.15) is 70.9 Å². The Balaban J connectivity index is 1.21. The number of nitrogens with zero attached hydrogens (tertiary/aromatic N) is 1. The van der Waals surface area contributed by atoms with Gasteiger partial charge in [0.1, 0.15) is 5.37 Å². The first-order valence-corrected chi connectivity index (χ1v) is 14.0. The van der Waals surface area contributed by atoms with Crippen LogP contribution >= 0.6 is 23.4 Å². The van der Waals surface area contributed by atoms with E-state index in [2.05, 4.69) is 29.6 Å². The van der Waals surface area contributed by atoms with Crippen molar-refractivity contribution < 1.29 is 9.59 Å². The molecule has 0 radical (unpaired) electrons. The van der Waals surface area contributed by atoms with E-state index in [0.717, 1.165) is 35.5 Å². The second-order valence-electron chi connectivity index (χ2n) is 9.67. The second kappa shape index (κ2) is 11.1. The van der Waals surface area contributed by atoms with Crippen molar-refractivity contribution >= 4 is 40.9 Å². The molecule has 0 bridgehead atoms. The van der Waals surface area contributed by atoms with Crippen LogP contribution in [-0.4, -0.2) is 23.6 Å². The van der Waals surface area contributed by atoms with Crippen LogP contribution in [0, 0.1) is 0 Å². The molecule has 2 atom stereocenters. The van der Waals surface area contributed by atoms with E-state index >= 15 is 0 Å². The number of carbonyl (C=O) groups is 2. The summed E-state index contributed by atoms with van der Waals surface area (Å²) in [6, 6.07) is 24.0. The van der Waals surface area contributed by atoms with Crippen molar-refractivity contribution in [2.45, 2.75) is 55.6 Å². The Hall–Kier alpha value is -2.76. The molecule has 2 aliphatic rings. The highest BCUT2D eigenvalue weighted by Crippen LogP contribution is 2.46. The maximum atomic E-state index is 13.1. The highest BCUT2D eigenvalue weighted by molar-refractivity contribution is 8.01. The number of nitrogens with one attached hydrogen (secondary N) is 1. The van der Waals surface area contributed by atoms with Gasteiger partial charge in [-0.1, -0.05) is 48.0 Å². The monoisotopic (exact) mass is 518 g/mol. The van der Waals surface area contributed by atoms with Crippen molar-refractivity contribution in [3.63, 3.8) is 0 Å². The summed E-state index contributed by atoms with van der Waals surface area (Å²) in [5.74, 6) is 0.718. The number of amides is 2. The number of hydrogen-bond donors (Lipinski definition) is 1. The van der Waals surface area contributed by atoms with Crippen molar-refractivity contribution in [2.24, 2.45) is 0 Å². The third-order valence-electron chi connectivity index (χ3n) is 6.90. The number of thioether (sulfide) groups is 1. The minimum atomic E-state index is -0.147. The van der Waals surface area contributed by atoms with Gasteiger partial charge in [0, 0.05) is 22.8 Å². The number of anilines is 1. The number of halogens is 1. The smallest absolute Gasteiger partial charge is 0.251 e. The Morgan fingerprint density at radius 3 is 2.47 bits per heavy atom. The van der Waals surface area contributed by atoms with Gasteiger partial charge in [0.25, 0.3) is 5.91 Å². The summed E-state index contributed by atoms with van der Waals surface area (Å²) in [7, 11) is 0. The molecule has 186 valence electrons. The van der Waals surface area contributed by atoms with Gasteiger partial charge in [-0.25, -0.2) is 0 Å². The lowest BCUT2D eigenvalue weighted by Gasteiger charge is -2.25. The summed E-state index contributed by atoms with van der Waals surface area (Å²) < 4.78 is 0. The predicted molar refractivity (Wildman–Crippen MR) is 149 cm³/mol. The van der Waals surface area contributed by atoms with E-state index in [0.29, 0.717) is 18.0 Å². The fourth-order valence-corrected chi connectivity index (χ4v) is 6.07. The summed E-state index contributed by atoms with van der Waals surface area (Å²) >= 11 is 7.58. The van der Waals surface area contributed by atoms with Crippen molar-refractivity contribution in [1.82, 2.24) is 5.32 Å². The molecule has 0 spiro atoms. The lowest BCUT2D eigenvalue weighted by atomic mass is 10.1. The molecular formula is C30H31ClN2O2S. The lowest BCUT2D eigenvalue weighted by molar-refractivity contribution is -0.117. The van der Waals surface area contributed by atoms with Gasteiger partial charge in [0.05, 0.1) is 5.25 Å². The minimum absolute atomic E-state index is 0.0777. The normalized spacial score (nSPS) is 19.5. The minimum Gasteiger partial charge on any atom is -0.352 e. The topological polar surface area (TPSA) is 49.4 Å². The van der Waals surface area contributed by atoms with E-state index < -0.39 is 0 Å². The van der Waals surface area contributed by atoms with Crippen LogP contribution in [0.25, 0.3) is 0 Å². The van der Waals surface area contributed by atoms with E-state index in [4.69, 9.17) is 11.6 Å². The number of unbranched alkanes of at least 4 members (excludes halogenated alkanes) is 1. The molecule has 36 heavy (non-hydrogen) atoms. The number of rotatable bonds is 9. The van der Waals surface area contributed by atoms with Crippen LogP contribution in [0.2, 0.25) is 5.02 Å². The summed E-state index contributed by atoms with van der Waals surface area (Å²) in [5.41, 5.74) is 5.13. The second-order valence-corrected chi connectivity index (χ2v) is 11.5. The average molecular weight is 519 g/mol. The van der Waals surface area contributed by atoms with Gasteiger partial charge in [0.2, 0.25) is 5.91 Å². The molecule has 1 aliphatic carbocycles. The van der Waals surface area contributed by atoms with E-state index in [1.165, 1.54) is 24.0 Å². The first-order valence-electron chi connectivity index (χ1n) is 12.7. The highest BCUT2D eigenvalue weighted by Gasteiger charge is 2.39. The fraction of sp³-hybridized carbons (Fsp3) is 0.333. The summed E-state index contributed by atoms with van der Waals surface area (Å²) in [4.78, 5) is 27.8. The molecule has 2 amide bonds. The van der Waals surface area contributed by atoms with Gasteiger partial charge in [-0.15, -0.1) is 11.8 Å². The van der Waals surface area contributed by atoms with Gasteiger partial charge in [-0.2, -0.15) is 0 Å². The molecule has 3 aromatic carbocycles. The number of carbonyl (C=O) groups excluding carboxylic acids is 2. The van der Waals surface area contributed by atoms with E-state index in [9.17, 15) is 9.59 Å². The molecular weight excluding hydrogens is 488 g/mol. The zero-order chi connectivity index (χ0) is 25.1. The SMILES string of the molecule is CC1SC(c2cccc(C(=O)NCCCCc3ccc(Cl)cc3)c2)N(c2ccc(C3CC3)cc2)C1=O. The molecule has 1 saturated carbocycles. The van der Waals surface area contributed by atoms with Crippen LogP contribution < -0.4 is 10.2 Å². The Morgan fingerprint density at radius 1 is 1.00 bits per heavy atom. The van der Waals surface area contributed by atoms with Crippen LogP contribution in [0.15, 0.2) is 72.8 Å². The molecule has 2 unspecified atom stereocenters. The van der Waals surface area contributed by atoms with Crippen molar-refractivity contribution in [3.8, 4) is 0 Å². The van der Waals surface area contributed by atoms with Crippen molar-refractivity contribution in [1.29, 1.82) is 0 Å². The van der Waals surface area contributed by atoms with E-state index in [-0.39, 0.29) is 22.4 Å². The van der Waals surface area contributed by atoms with E-state index in [1.54, 1.807) is 11.8 Å². The first-order chi connectivity index (χ1) is 17.5. The third-order valence-corrected chi connectivity index (χ3v) is 8.50. The number of aryl methyl sites for hydroxylation is 1. The van der Waals surface area contributed by atoms with Gasteiger partial charge in [0.15, 0.2) is 0 Å². The average Bonchev–Trinajstić information content (AvgIpc) is 3.70. The molecule has 1 heterocycles. The van der Waals surface area contributed by atoms with Crippen LogP contribution in [0.5, 0.6) is 0 Å². The third kappa shape index (κ3) is 5.79. The highest BCUT2D eigenvalue weighted by atomic mass is 35.5. The quantitative estimate of drug-likeness (QED) is 0.306. The number of benzene rings is 3. The Labute approximate surface area is 222 Å². The molecule has 3 aromatic rings. The molecule has 6 heteroatoms. The van der Waals surface area contributed by atoms with Gasteiger partial charge < -0.3 is 5.32 Å². The zero-order valence-corrected chi connectivity index (χ0v) is 22.0. The van der Waals surface area contributed by atoms with Crippen LogP contribution in [-0.2, 0) is 11.2 Å². The molecule has 0 aromatic heterocycles. The lowest BCUT2D eigenvalue weighted by Crippen LogP contribution is -2.30. The van der Waals surface area contributed by atoms with Crippen LogP contribution in [0.4, 0.5) is 5.69 Å². The molecule has 1 N–H and O–H groups in total. The number of hydrogen-bond acceptors (Lipinski definition) is 3. The van der Waals surface area contributed by atoms with Crippen LogP contribution in [0.3, 0.4) is 0 Å². The Bertz CT molecular complexity index is 1220. The Kier molecular flexibility index (Phi) is 7.68. The standard InChI is InChI=1S/C30H31ClN2O2S/c1-20-29(35)33(27-16-12-23(13-17-27)22-10-11-22)30(36-20)25-7-4-6-24(19-25)28(34)32-18-3-2-5-21-8-14-26(31)15-9-21/h4,6-9,12-17,19-20,22,30H,2-3,5,10-11,18H2,1H3,(H,32,34). The summed E-state index contributed by atoms with van der Waals surface area (Å²) in [6.07, 6.45) is 5.38. The van der Waals surface area contributed by atoms with Gasteiger partial charge in [-0.05, 0) is 98.0 Å². The van der Waals surface area contributed by atoms with Crippen molar-refractivity contribution in [2.75, 3.05) is 11.4 Å². The van der Waals surface area contributed by atoms with Crippen molar-refractivity contribution in [3.05, 3.63) is 100 Å². The summed E-state index contributed by atoms with van der Waals surface area (Å²) in [6.45, 7) is 2.59. The Morgan fingerprint density at radius 2 is 1.75 bits per heavy atom. The maximum Gasteiger partial charge on any atom is 0.251 e. The van der Waals surface area contributed by atoms with Gasteiger partial charge >= 0.3 is 0 Å². The first kappa shape index (κ1) is 24.9. The molecule has 5 rings (SSSR count). The van der Waals surface area contributed by atoms with Gasteiger partial charge in [-0.3, -0.25) is 14.5 Å². The molecule has 2 fully saturated rings. The summed E-state index contributed by atoms with van der Waals surface area (Å²) in [5, 5.41) is 3.52. The molecule has 1 saturated heterocycles. The molecule has 1 aliphatic heterocycles. The molecule has 4 nitrogen and oxygen atoms in total. The zero-order valence-electron chi connectivity index (χ0n) is 20.5. The largest absolute Gasteiger partial charge is 0.352 e. The van der Waals surface area contributed by atoms with E-state index in [1.807, 2.05) is 60.4 Å². The maximum absolute atomic E-state index is 13.1. The fourth-order valence-electron chi connectivity index (χ4n) is 4.68. The predicted octanol–water partition coefficient (Wildman–Crippen LogP) is 7.14.